The Hall–Kier alpha value is -2.14. The topological polar surface area (TPSA) is 72.5 Å². The molecule has 1 heterocycles. The lowest BCUT2D eigenvalue weighted by molar-refractivity contribution is -0.143. The summed E-state index contributed by atoms with van der Waals surface area (Å²) in [6.07, 6.45) is 0. The molecular formula is C19H21NO4S2. The summed E-state index contributed by atoms with van der Waals surface area (Å²) < 4.78 is 32.3. The van der Waals surface area contributed by atoms with Crippen molar-refractivity contribution in [2.24, 2.45) is 5.92 Å². The van der Waals surface area contributed by atoms with E-state index in [2.05, 4.69) is 21.3 Å². The number of esters is 1. The number of hydrogen-bond donors (Lipinski definition) is 1. The van der Waals surface area contributed by atoms with Gasteiger partial charge in [-0.05, 0) is 37.1 Å². The molecule has 0 aliphatic carbocycles. The van der Waals surface area contributed by atoms with Crippen molar-refractivity contribution >= 4 is 27.3 Å². The van der Waals surface area contributed by atoms with Crippen molar-refractivity contribution in [3.05, 3.63) is 52.4 Å². The molecule has 0 bridgehead atoms. The first kappa shape index (κ1) is 20.2. The first-order valence-corrected chi connectivity index (χ1v) is 10.3. The zero-order chi connectivity index (χ0) is 19.3. The zero-order valence-corrected chi connectivity index (χ0v) is 16.7. The van der Waals surface area contributed by atoms with E-state index >= 15 is 0 Å². The Morgan fingerprint density at radius 1 is 1.12 bits per heavy atom. The molecule has 0 unspecified atom stereocenters. The van der Waals surface area contributed by atoms with Gasteiger partial charge in [0, 0.05) is 5.56 Å². The Morgan fingerprint density at radius 3 is 2.35 bits per heavy atom. The Bertz CT molecular complexity index is 932. The molecular weight excluding hydrogens is 370 g/mol. The maximum absolute atomic E-state index is 12.5. The van der Waals surface area contributed by atoms with Crippen LogP contribution in [0.5, 0.6) is 0 Å². The molecule has 26 heavy (non-hydrogen) atoms. The van der Waals surface area contributed by atoms with Gasteiger partial charge in [-0.15, -0.1) is 11.3 Å². The molecule has 2 rings (SSSR count). The van der Waals surface area contributed by atoms with Gasteiger partial charge in [0.2, 0.25) is 0 Å². The molecule has 1 atom stereocenters. The van der Waals surface area contributed by atoms with Crippen LogP contribution in [0.1, 0.15) is 29.9 Å². The van der Waals surface area contributed by atoms with E-state index in [1.54, 1.807) is 19.9 Å². The van der Waals surface area contributed by atoms with Crippen LogP contribution in [-0.2, 0) is 19.6 Å². The van der Waals surface area contributed by atoms with Crippen molar-refractivity contribution in [3.63, 3.8) is 0 Å². The zero-order valence-electron chi connectivity index (χ0n) is 15.1. The van der Waals surface area contributed by atoms with E-state index in [4.69, 9.17) is 0 Å². The normalized spacial score (nSPS) is 12.3. The maximum atomic E-state index is 12.5. The molecule has 1 aromatic carbocycles. The second kappa shape index (κ2) is 8.49. The summed E-state index contributed by atoms with van der Waals surface area (Å²) in [4.78, 5) is 12.4. The molecule has 0 aliphatic rings. The van der Waals surface area contributed by atoms with Gasteiger partial charge in [0.05, 0.1) is 12.0 Å². The van der Waals surface area contributed by atoms with Gasteiger partial charge in [-0.3, -0.25) is 4.79 Å². The van der Waals surface area contributed by atoms with Gasteiger partial charge in [-0.25, -0.2) is 8.42 Å². The van der Waals surface area contributed by atoms with E-state index < -0.39 is 22.0 Å². The number of aryl methyl sites for hydroxylation is 1. The molecule has 0 fully saturated rings. The number of carbonyl (C=O) groups is 1. The van der Waals surface area contributed by atoms with E-state index in [0.29, 0.717) is 4.88 Å². The number of rotatable bonds is 5. The van der Waals surface area contributed by atoms with Gasteiger partial charge in [-0.1, -0.05) is 43.4 Å². The smallest absolute Gasteiger partial charge is 0.324 e. The molecule has 0 spiro atoms. The minimum atomic E-state index is -3.83. The Morgan fingerprint density at radius 2 is 1.77 bits per heavy atom. The van der Waals surface area contributed by atoms with Crippen molar-refractivity contribution in [2.45, 2.75) is 31.0 Å². The van der Waals surface area contributed by atoms with Gasteiger partial charge < -0.3 is 4.74 Å². The van der Waals surface area contributed by atoms with Gasteiger partial charge in [0.1, 0.15) is 10.3 Å². The van der Waals surface area contributed by atoms with Crippen LogP contribution in [0.25, 0.3) is 0 Å². The van der Waals surface area contributed by atoms with Crippen LogP contribution in [-0.4, -0.2) is 27.5 Å². The third-order valence-corrected chi connectivity index (χ3v) is 6.57. The third kappa shape index (κ3) is 5.18. The predicted molar refractivity (Wildman–Crippen MR) is 102 cm³/mol. The molecule has 0 saturated carbocycles. The predicted octanol–water partition coefficient (Wildman–Crippen LogP) is 2.93. The van der Waals surface area contributed by atoms with E-state index in [1.165, 1.54) is 13.2 Å². The molecule has 1 N–H and O–H groups in total. The van der Waals surface area contributed by atoms with Crippen molar-refractivity contribution in [1.29, 1.82) is 0 Å². The molecule has 0 aliphatic heterocycles. The fourth-order valence-electron chi connectivity index (χ4n) is 2.11. The van der Waals surface area contributed by atoms with E-state index in [9.17, 15) is 13.2 Å². The van der Waals surface area contributed by atoms with Crippen molar-refractivity contribution in [3.8, 4) is 11.8 Å². The minimum absolute atomic E-state index is 0.111. The van der Waals surface area contributed by atoms with Crippen molar-refractivity contribution in [2.75, 3.05) is 7.11 Å². The van der Waals surface area contributed by atoms with E-state index in [0.717, 1.165) is 22.5 Å². The minimum Gasteiger partial charge on any atom is -0.468 e. The van der Waals surface area contributed by atoms with Gasteiger partial charge in [0.25, 0.3) is 10.0 Å². The summed E-state index contributed by atoms with van der Waals surface area (Å²) in [6, 6.07) is 9.98. The van der Waals surface area contributed by atoms with E-state index in [1.807, 2.05) is 31.2 Å². The largest absolute Gasteiger partial charge is 0.468 e. The van der Waals surface area contributed by atoms with Crippen LogP contribution in [0, 0.1) is 24.7 Å². The average molecular weight is 392 g/mol. The highest BCUT2D eigenvalue weighted by Crippen LogP contribution is 2.22. The lowest BCUT2D eigenvalue weighted by Crippen LogP contribution is -2.44. The third-order valence-electron chi connectivity index (χ3n) is 3.63. The summed E-state index contributed by atoms with van der Waals surface area (Å²) in [5, 5.41) is 0. The van der Waals surface area contributed by atoms with Crippen molar-refractivity contribution < 1.29 is 17.9 Å². The highest BCUT2D eigenvalue weighted by molar-refractivity contribution is 7.91. The van der Waals surface area contributed by atoms with Crippen LogP contribution >= 0.6 is 11.3 Å². The monoisotopic (exact) mass is 391 g/mol. The van der Waals surface area contributed by atoms with Crippen LogP contribution in [0.4, 0.5) is 0 Å². The fourth-order valence-corrected chi connectivity index (χ4v) is 4.62. The summed E-state index contributed by atoms with van der Waals surface area (Å²) in [6.45, 7) is 5.49. The number of methoxy groups -OCH3 is 1. The van der Waals surface area contributed by atoms with Gasteiger partial charge >= 0.3 is 5.97 Å². The average Bonchev–Trinajstić information content (AvgIpc) is 3.08. The number of benzene rings is 1. The Labute approximate surface area is 158 Å². The van der Waals surface area contributed by atoms with Crippen LogP contribution in [0.3, 0.4) is 0 Å². The first-order valence-electron chi connectivity index (χ1n) is 8.01. The fraction of sp³-hybridized carbons (Fsp3) is 0.316. The second-order valence-corrected chi connectivity index (χ2v) is 9.13. The molecule has 0 amide bonds. The first-order chi connectivity index (χ1) is 12.2. The number of carbonyl (C=O) groups excluding carboxylic acids is 1. The number of sulfonamides is 1. The number of hydrogen-bond acceptors (Lipinski definition) is 5. The summed E-state index contributed by atoms with van der Waals surface area (Å²) in [5.41, 5.74) is 2.01. The summed E-state index contributed by atoms with van der Waals surface area (Å²) >= 11 is 1.06. The lowest BCUT2D eigenvalue weighted by atomic mass is 10.1. The molecule has 5 nitrogen and oxygen atoms in total. The number of nitrogens with one attached hydrogen (secondary N) is 1. The molecule has 2 aromatic rings. The van der Waals surface area contributed by atoms with Crippen molar-refractivity contribution in [1.82, 2.24) is 4.72 Å². The molecule has 0 saturated heterocycles. The van der Waals surface area contributed by atoms with Crippen LogP contribution in [0.2, 0.25) is 0 Å². The quantitative estimate of drug-likeness (QED) is 0.628. The van der Waals surface area contributed by atoms with Crippen LogP contribution in [0.15, 0.2) is 40.6 Å². The van der Waals surface area contributed by atoms with E-state index in [-0.39, 0.29) is 10.1 Å². The maximum Gasteiger partial charge on any atom is 0.324 e. The second-order valence-electron chi connectivity index (χ2n) is 6.10. The number of ether oxygens (including phenoxy) is 1. The summed E-state index contributed by atoms with van der Waals surface area (Å²) in [5.74, 6) is 5.13. The van der Waals surface area contributed by atoms with Gasteiger partial charge in [-0.2, -0.15) is 4.72 Å². The van der Waals surface area contributed by atoms with Gasteiger partial charge in [0.15, 0.2) is 0 Å². The Balaban J connectivity index is 2.20. The molecule has 7 heteroatoms. The molecule has 1 aromatic heterocycles. The summed E-state index contributed by atoms with van der Waals surface area (Å²) in [7, 11) is -2.60. The van der Waals surface area contributed by atoms with Crippen LogP contribution < -0.4 is 4.72 Å². The number of thiophene rings is 1. The lowest BCUT2D eigenvalue weighted by Gasteiger charge is -2.19. The SMILES string of the molecule is COC(=O)[C@H](NS(=O)(=O)c1ccc(C#Cc2ccc(C)cc2)s1)C(C)C. The highest BCUT2D eigenvalue weighted by atomic mass is 32.2. The Kier molecular flexibility index (Phi) is 6.59. The highest BCUT2D eigenvalue weighted by Gasteiger charge is 2.29. The standard InChI is InChI=1S/C19H21NO4S2/c1-13(2)18(19(21)24-4)20-26(22,23)17-12-11-16(25-17)10-9-15-7-5-14(3)6-8-15/h5-8,11-13,18,20H,1-4H3/t18-/m1/s1. The molecule has 0 radical (unpaired) electrons. The molecule has 138 valence electrons.